The van der Waals surface area contributed by atoms with Crippen LogP contribution in [0.5, 0.6) is 0 Å². The molecule has 0 radical (unpaired) electrons. The number of hydrogen-bond donors (Lipinski definition) is 2. The Morgan fingerprint density at radius 3 is 2.30 bits per heavy atom. The first kappa shape index (κ1) is 16.9. The molecule has 0 saturated carbocycles. The summed E-state index contributed by atoms with van der Waals surface area (Å²) in [5.41, 5.74) is 7.41. The van der Waals surface area contributed by atoms with Gasteiger partial charge in [-0.1, -0.05) is 6.92 Å². The highest BCUT2D eigenvalue weighted by atomic mass is 32.2. The molecular formula is C15H18N4O3S. The van der Waals surface area contributed by atoms with Crippen LogP contribution < -0.4 is 11.1 Å². The minimum atomic E-state index is -3.26. The molecule has 0 spiro atoms. The SMILES string of the molecule is CCc1nc(C(N)=O)c(Nc2ccc(S(C)(=O)=O)cc2)nc1C. The Hall–Kier alpha value is -2.48. The first-order valence-electron chi connectivity index (χ1n) is 6.96. The fourth-order valence-electron chi connectivity index (χ4n) is 2.07. The van der Waals surface area contributed by atoms with Gasteiger partial charge in [0.2, 0.25) is 0 Å². The van der Waals surface area contributed by atoms with Crippen LogP contribution in [0.1, 0.15) is 28.8 Å². The molecule has 3 N–H and O–H groups in total. The summed E-state index contributed by atoms with van der Waals surface area (Å²) in [5, 5.41) is 2.96. The Morgan fingerprint density at radius 2 is 1.83 bits per heavy atom. The molecule has 0 aliphatic heterocycles. The fourth-order valence-corrected chi connectivity index (χ4v) is 2.70. The monoisotopic (exact) mass is 334 g/mol. The maximum Gasteiger partial charge on any atom is 0.271 e. The summed E-state index contributed by atoms with van der Waals surface area (Å²) in [7, 11) is -3.26. The lowest BCUT2D eigenvalue weighted by molar-refractivity contribution is 0.0996. The van der Waals surface area contributed by atoms with Crippen molar-refractivity contribution < 1.29 is 13.2 Å². The van der Waals surface area contributed by atoms with Crippen molar-refractivity contribution in [2.24, 2.45) is 5.73 Å². The number of sulfone groups is 1. The number of aryl methyl sites for hydroxylation is 2. The predicted octanol–water partition coefficient (Wildman–Crippen LogP) is 1.59. The van der Waals surface area contributed by atoms with E-state index in [1.54, 1.807) is 19.1 Å². The van der Waals surface area contributed by atoms with E-state index in [1.165, 1.54) is 12.1 Å². The zero-order chi connectivity index (χ0) is 17.2. The average molecular weight is 334 g/mol. The van der Waals surface area contributed by atoms with Gasteiger partial charge in [0.25, 0.3) is 5.91 Å². The highest BCUT2D eigenvalue weighted by molar-refractivity contribution is 7.90. The first-order valence-corrected chi connectivity index (χ1v) is 8.86. The Bertz CT molecular complexity index is 846. The van der Waals surface area contributed by atoms with Gasteiger partial charge in [0.1, 0.15) is 0 Å². The van der Waals surface area contributed by atoms with Crippen molar-refractivity contribution >= 4 is 27.2 Å². The molecule has 0 saturated heterocycles. The fraction of sp³-hybridized carbons (Fsp3) is 0.267. The van der Waals surface area contributed by atoms with Crippen LogP contribution in [0.4, 0.5) is 11.5 Å². The maximum atomic E-state index is 11.6. The second-order valence-corrected chi connectivity index (χ2v) is 7.11. The number of rotatable bonds is 5. The Balaban J connectivity index is 2.40. The van der Waals surface area contributed by atoms with Crippen LogP contribution in [0.2, 0.25) is 0 Å². The van der Waals surface area contributed by atoms with Gasteiger partial charge in [-0.25, -0.2) is 18.4 Å². The van der Waals surface area contributed by atoms with E-state index < -0.39 is 15.7 Å². The summed E-state index contributed by atoms with van der Waals surface area (Å²) in [5.74, 6) is -0.429. The van der Waals surface area contributed by atoms with Crippen molar-refractivity contribution in [2.45, 2.75) is 25.2 Å². The molecule has 23 heavy (non-hydrogen) atoms. The third-order valence-corrected chi connectivity index (χ3v) is 4.41. The summed E-state index contributed by atoms with van der Waals surface area (Å²) in [6.07, 6.45) is 1.78. The zero-order valence-electron chi connectivity index (χ0n) is 13.1. The molecule has 1 aromatic heterocycles. The molecule has 0 aliphatic rings. The summed E-state index contributed by atoms with van der Waals surface area (Å²) in [6, 6.07) is 6.13. The molecule has 2 rings (SSSR count). The normalized spacial score (nSPS) is 11.3. The predicted molar refractivity (Wildman–Crippen MR) is 87.5 cm³/mol. The topological polar surface area (TPSA) is 115 Å². The average Bonchev–Trinajstić information content (AvgIpc) is 2.46. The number of primary amides is 1. The number of carbonyl (C=O) groups excluding carboxylic acids is 1. The zero-order valence-corrected chi connectivity index (χ0v) is 13.9. The van der Waals surface area contributed by atoms with Gasteiger partial charge in [0.05, 0.1) is 16.3 Å². The Kier molecular flexibility index (Phi) is 4.65. The van der Waals surface area contributed by atoms with E-state index >= 15 is 0 Å². The number of nitrogens with two attached hydrogens (primary N) is 1. The second-order valence-electron chi connectivity index (χ2n) is 5.09. The summed E-state index contributed by atoms with van der Waals surface area (Å²) in [6.45, 7) is 3.72. The molecule has 122 valence electrons. The standard InChI is InChI=1S/C15H18N4O3S/c1-4-12-9(2)17-15(13(19-12)14(16)20)18-10-5-7-11(8-6-10)23(3,21)22/h5-8H,4H2,1-3H3,(H2,16,20)(H,17,18). The van der Waals surface area contributed by atoms with Crippen LogP contribution in [0, 0.1) is 6.92 Å². The molecule has 0 aliphatic carbocycles. The van der Waals surface area contributed by atoms with Crippen molar-refractivity contribution in [3.63, 3.8) is 0 Å². The molecule has 0 bridgehead atoms. The van der Waals surface area contributed by atoms with E-state index in [0.717, 1.165) is 6.26 Å². The summed E-state index contributed by atoms with van der Waals surface area (Å²) in [4.78, 5) is 20.4. The quantitative estimate of drug-likeness (QED) is 0.858. The number of amides is 1. The minimum Gasteiger partial charge on any atom is -0.364 e. The lowest BCUT2D eigenvalue weighted by Gasteiger charge is -2.12. The van der Waals surface area contributed by atoms with Crippen LogP contribution in [0.3, 0.4) is 0 Å². The van der Waals surface area contributed by atoms with Crippen molar-refractivity contribution in [1.82, 2.24) is 9.97 Å². The Labute approximate surface area is 134 Å². The number of nitrogens with one attached hydrogen (secondary N) is 1. The molecule has 7 nitrogen and oxygen atoms in total. The van der Waals surface area contributed by atoms with Gasteiger partial charge in [-0.15, -0.1) is 0 Å². The summed E-state index contributed by atoms with van der Waals surface area (Å²) < 4.78 is 22.9. The van der Waals surface area contributed by atoms with Gasteiger partial charge in [-0.3, -0.25) is 4.79 Å². The number of benzene rings is 1. The maximum absolute atomic E-state index is 11.6. The summed E-state index contributed by atoms with van der Waals surface area (Å²) >= 11 is 0. The Morgan fingerprint density at radius 1 is 1.22 bits per heavy atom. The van der Waals surface area contributed by atoms with Crippen LogP contribution >= 0.6 is 0 Å². The lowest BCUT2D eigenvalue weighted by Crippen LogP contribution is -2.18. The largest absolute Gasteiger partial charge is 0.364 e. The van der Waals surface area contributed by atoms with Crippen LogP contribution in [0.25, 0.3) is 0 Å². The van der Waals surface area contributed by atoms with Gasteiger partial charge in [-0.05, 0) is 37.6 Å². The van der Waals surface area contributed by atoms with Crippen molar-refractivity contribution in [2.75, 3.05) is 11.6 Å². The van der Waals surface area contributed by atoms with E-state index in [-0.39, 0.29) is 16.4 Å². The molecule has 1 aromatic carbocycles. The highest BCUT2D eigenvalue weighted by Gasteiger charge is 2.15. The minimum absolute atomic E-state index is 0.0552. The van der Waals surface area contributed by atoms with Crippen LogP contribution in [0.15, 0.2) is 29.2 Å². The molecular weight excluding hydrogens is 316 g/mol. The van der Waals surface area contributed by atoms with Gasteiger partial charge >= 0.3 is 0 Å². The van der Waals surface area contributed by atoms with E-state index in [9.17, 15) is 13.2 Å². The van der Waals surface area contributed by atoms with Gasteiger partial charge in [0, 0.05) is 11.9 Å². The number of carbonyl (C=O) groups is 1. The molecule has 0 atom stereocenters. The second kappa shape index (κ2) is 6.33. The van der Waals surface area contributed by atoms with E-state index in [0.29, 0.717) is 23.5 Å². The van der Waals surface area contributed by atoms with Gasteiger partial charge in [-0.2, -0.15) is 0 Å². The van der Waals surface area contributed by atoms with Crippen molar-refractivity contribution in [1.29, 1.82) is 0 Å². The molecule has 1 amide bonds. The van der Waals surface area contributed by atoms with Crippen molar-refractivity contribution in [3.8, 4) is 0 Å². The van der Waals surface area contributed by atoms with Gasteiger partial charge < -0.3 is 11.1 Å². The number of hydrogen-bond acceptors (Lipinski definition) is 6. The number of nitrogens with zero attached hydrogens (tertiary/aromatic N) is 2. The lowest BCUT2D eigenvalue weighted by atomic mass is 10.2. The van der Waals surface area contributed by atoms with E-state index in [1.807, 2.05) is 6.92 Å². The van der Waals surface area contributed by atoms with Crippen LogP contribution in [-0.4, -0.2) is 30.5 Å². The van der Waals surface area contributed by atoms with E-state index in [4.69, 9.17) is 5.73 Å². The van der Waals surface area contributed by atoms with E-state index in [2.05, 4.69) is 15.3 Å². The molecule has 8 heteroatoms. The number of anilines is 2. The molecule has 0 unspecified atom stereocenters. The first-order chi connectivity index (χ1) is 10.7. The van der Waals surface area contributed by atoms with Gasteiger partial charge in [0.15, 0.2) is 21.3 Å². The van der Waals surface area contributed by atoms with Crippen molar-refractivity contribution in [3.05, 3.63) is 41.3 Å². The number of aromatic nitrogens is 2. The van der Waals surface area contributed by atoms with Crippen LogP contribution in [-0.2, 0) is 16.3 Å². The highest BCUT2D eigenvalue weighted by Crippen LogP contribution is 2.21. The molecule has 0 fully saturated rings. The third kappa shape index (κ3) is 3.84. The molecule has 2 aromatic rings. The third-order valence-electron chi connectivity index (χ3n) is 3.28. The smallest absolute Gasteiger partial charge is 0.271 e. The molecule has 1 heterocycles.